The summed E-state index contributed by atoms with van der Waals surface area (Å²) in [6.45, 7) is -0.616. The summed E-state index contributed by atoms with van der Waals surface area (Å²) in [5.74, 6) is -2.69. The maximum absolute atomic E-state index is 12.7. The van der Waals surface area contributed by atoms with E-state index in [0.717, 1.165) is 12.1 Å². The molecule has 10 heteroatoms. The van der Waals surface area contributed by atoms with Gasteiger partial charge in [0.1, 0.15) is 6.54 Å². The normalized spacial score (nSPS) is 12.3. The Kier molecular flexibility index (Phi) is 5.64. The molecule has 1 heterocycles. The van der Waals surface area contributed by atoms with E-state index in [4.69, 9.17) is 0 Å². The van der Waals surface area contributed by atoms with Gasteiger partial charge in [-0.05, 0) is 30.3 Å². The Balaban J connectivity index is 1.49. The molecule has 0 atom stereocenters. The first-order chi connectivity index (χ1) is 15.8. The van der Waals surface area contributed by atoms with Crippen molar-refractivity contribution in [1.29, 1.82) is 0 Å². The van der Waals surface area contributed by atoms with E-state index in [9.17, 15) is 29.3 Å². The fourth-order valence-electron chi connectivity index (χ4n) is 3.38. The average Bonchev–Trinajstić information content (AvgIpc) is 3.04. The van der Waals surface area contributed by atoms with Crippen LogP contribution < -0.4 is 10.6 Å². The zero-order chi connectivity index (χ0) is 23.5. The Morgan fingerprint density at radius 1 is 0.848 bits per heavy atom. The Labute approximate surface area is 187 Å². The molecule has 0 spiro atoms. The lowest BCUT2D eigenvalue weighted by Crippen LogP contribution is -2.37. The zero-order valence-corrected chi connectivity index (χ0v) is 17.0. The molecular formula is C23H16N4O6. The van der Waals surface area contributed by atoms with Crippen LogP contribution in [0.5, 0.6) is 0 Å². The van der Waals surface area contributed by atoms with Crippen LogP contribution in [0.2, 0.25) is 0 Å². The number of nitro groups is 1. The van der Waals surface area contributed by atoms with Crippen molar-refractivity contribution in [2.75, 3.05) is 17.2 Å². The molecule has 0 radical (unpaired) electrons. The van der Waals surface area contributed by atoms with Crippen LogP contribution in [-0.4, -0.2) is 40.0 Å². The molecular weight excluding hydrogens is 428 g/mol. The predicted octanol–water partition coefficient (Wildman–Crippen LogP) is 3.08. The molecule has 3 aromatic rings. The lowest BCUT2D eigenvalue weighted by molar-refractivity contribution is -0.384. The third-order valence-electron chi connectivity index (χ3n) is 4.94. The van der Waals surface area contributed by atoms with Gasteiger partial charge in [-0.15, -0.1) is 0 Å². The van der Waals surface area contributed by atoms with Crippen LogP contribution in [0.3, 0.4) is 0 Å². The number of nitrogens with one attached hydrogen (secondary N) is 2. The van der Waals surface area contributed by atoms with Gasteiger partial charge in [0, 0.05) is 17.8 Å². The van der Waals surface area contributed by atoms with Gasteiger partial charge in [0.05, 0.1) is 27.3 Å². The van der Waals surface area contributed by atoms with Crippen LogP contribution in [0.1, 0.15) is 31.1 Å². The van der Waals surface area contributed by atoms with Gasteiger partial charge in [-0.1, -0.05) is 30.3 Å². The van der Waals surface area contributed by atoms with Crippen LogP contribution in [0.25, 0.3) is 0 Å². The molecule has 1 aliphatic heterocycles. The van der Waals surface area contributed by atoms with Crippen molar-refractivity contribution < 1.29 is 24.1 Å². The molecule has 3 aromatic carbocycles. The molecule has 33 heavy (non-hydrogen) atoms. The lowest BCUT2D eigenvalue weighted by Gasteiger charge is -2.15. The summed E-state index contributed by atoms with van der Waals surface area (Å²) in [4.78, 5) is 61.4. The molecule has 0 aliphatic carbocycles. The number of hydrogen-bond acceptors (Lipinski definition) is 6. The average molecular weight is 444 g/mol. The van der Waals surface area contributed by atoms with E-state index < -0.39 is 35.1 Å². The molecule has 0 aromatic heterocycles. The van der Waals surface area contributed by atoms with E-state index in [1.165, 1.54) is 18.2 Å². The van der Waals surface area contributed by atoms with Crippen molar-refractivity contribution in [3.8, 4) is 0 Å². The summed E-state index contributed by atoms with van der Waals surface area (Å²) in [6.07, 6.45) is 0. The molecule has 0 saturated carbocycles. The number of nitro benzene ring substituents is 1. The summed E-state index contributed by atoms with van der Waals surface area (Å²) < 4.78 is 0. The quantitative estimate of drug-likeness (QED) is 0.340. The van der Waals surface area contributed by atoms with E-state index in [-0.39, 0.29) is 28.1 Å². The highest BCUT2D eigenvalue weighted by Gasteiger charge is 2.37. The molecule has 4 amide bonds. The number of nitrogens with zero attached hydrogens (tertiary/aromatic N) is 2. The number of benzene rings is 3. The molecule has 1 aliphatic rings. The maximum atomic E-state index is 12.7. The predicted molar refractivity (Wildman–Crippen MR) is 118 cm³/mol. The van der Waals surface area contributed by atoms with Crippen LogP contribution in [0.4, 0.5) is 17.1 Å². The highest BCUT2D eigenvalue weighted by Crippen LogP contribution is 2.27. The molecule has 2 N–H and O–H groups in total. The van der Waals surface area contributed by atoms with Gasteiger partial charge in [0.15, 0.2) is 0 Å². The van der Waals surface area contributed by atoms with Crippen molar-refractivity contribution in [3.05, 3.63) is 99.6 Å². The minimum Gasteiger partial charge on any atom is -0.324 e. The van der Waals surface area contributed by atoms with Gasteiger partial charge in [-0.2, -0.15) is 0 Å². The molecule has 4 rings (SSSR count). The summed E-state index contributed by atoms with van der Waals surface area (Å²) in [7, 11) is 0. The molecule has 0 bridgehead atoms. The number of para-hydroxylation sites is 2. The Bertz CT molecular complexity index is 1310. The Hall–Kier alpha value is -4.86. The fourth-order valence-corrected chi connectivity index (χ4v) is 3.38. The van der Waals surface area contributed by atoms with Crippen molar-refractivity contribution >= 4 is 40.7 Å². The second-order valence-electron chi connectivity index (χ2n) is 7.10. The standard InChI is InChI=1S/C23H16N4O6/c28-20(13-26-22(30)16-11-10-15(27(32)33)12-18(16)23(26)31)25-19-9-5-4-8-17(19)21(29)24-14-6-2-1-3-7-14/h1-12H,13H2,(H,24,29)(H,25,28). The maximum Gasteiger partial charge on any atom is 0.270 e. The Morgan fingerprint density at radius 2 is 1.52 bits per heavy atom. The SMILES string of the molecule is O=C(CN1C(=O)c2ccc([N+](=O)[O-])cc2C1=O)Nc1ccccc1C(=O)Nc1ccccc1. The van der Waals surface area contributed by atoms with E-state index in [2.05, 4.69) is 10.6 Å². The minimum absolute atomic E-state index is 0.0129. The molecule has 10 nitrogen and oxygen atoms in total. The van der Waals surface area contributed by atoms with Crippen molar-refractivity contribution in [3.63, 3.8) is 0 Å². The summed E-state index contributed by atoms with van der Waals surface area (Å²) in [5.41, 5.74) is 0.477. The molecule has 0 unspecified atom stereocenters. The Morgan fingerprint density at radius 3 is 2.24 bits per heavy atom. The first-order valence-corrected chi connectivity index (χ1v) is 9.75. The highest BCUT2D eigenvalue weighted by atomic mass is 16.6. The van der Waals surface area contributed by atoms with Gasteiger partial charge in [-0.25, -0.2) is 0 Å². The van der Waals surface area contributed by atoms with Gasteiger partial charge in [-0.3, -0.25) is 34.2 Å². The fraction of sp³-hybridized carbons (Fsp3) is 0.0435. The second-order valence-corrected chi connectivity index (χ2v) is 7.10. The first-order valence-electron chi connectivity index (χ1n) is 9.75. The number of amides is 4. The summed E-state index contributed by atoms with van der Waals surface area (Å²) in [5, 5.41) is 16.2. The van der Waals surface area contributed by atoms with E-state index in [1.807, 2.05) is 0 Å². The van der Waals surface area contributed by atoms with Crippen LogP contribution in [0.15, 0.2) is 72.8 Å². The van der Waals surface area contributed by atoms with Gasteiger partial charge in [0.2, 0.25) is 5.91 Å². The number of rotatable bonds is 6. The number of carbonyl (C=O) groups excluding carboxylic acids is 4. The largest absolute Gasteiger partial charge is 0.324 e. The topological polar surface area (TPSA) is 139 Å². The first kappa shape index (κ1) is 21.4. The van der Waals surface area contributed by atoms with Crippen LogP contribution in [-0.2, 0) is 4.79 Å². The summed E-state index contributed by atoms with van der Waals surface area (Å²) >= 11 is 0. The van der Waals surface area contributed by atoms with Crippen molar-refractivity contribution in [2.45, 2.75) is 0 Å². The summed E-state index contributed by atoms with van der Waals surface area (Å²) in [6, 6.07) is 18.4. The van der Waals surface area contributed by atoms with Crippen LogP contribution in [0, 0.1) is 10.1 Å². The van der Waals surface area contributed by atoms with Crippen molar-refractivity contribution in [1.82, 2.24) is 4.90 Å². The number of hydrogen-bond donors (Lipinski definition) is 2. The van der Waals surface area contributed by atoms with E-state index >= 15 is 0 Å². The number of imide groups is 1. The van der Waals surface area contributed by atoms with E-state index in [0.29, 0.717) is 10.6 Å². The number of anilines is 2. The molecule has 0 fully saturated rings. The van der Waals surface area contributed by atoms with Gasteiger partial charge < -0.3 is 10.6 Å². The lowest BCUT2D eigenvalue weighted by atomic mass is 10.1. The monoisotopic (exact) mass is 444 g/mol. The second kappa shape index (κ2) is 8.71. The van der Waals surface area contributed by atoms with Gasteiger partial charge >= 0.3 is 0 Å². The number of non-ortho nitro benzene ring substituents is 1. The van der Waals surface area contributed by atoms with Gasteiger partial charge in [0.25, 0.3) is 23.4 Å². The number of fused-ring (bicyclic) bond motifs is 1. The number of carbonyl (C=O) groups is 4. The zero-order valence-electron chi connectivity index (χ0n) is 17.0. The molecule has 0 saturated heterocycles. The third-order valence-corrected chi connectivity index (χ3v) is 4.94. The highest BCUT2D eigenvalue weighted by molar-refractivity contribution is 6.23. The minimum atomic E-state index is -0.802. The van der Waals surface area contributed by atoms with Crippen LogP contribution >= 0.6 is 0 Å². The molecule has 164 valence electrons. The third kappa shape index (κ3) is 4.30. The van der Waals surface area contributed by atoms with Crippen molar-refractivity contribution in [2.24, 2.45) is 0 Å². The smallest absolute Gasteiger partial charge is 0.270 e. The van der Waals surface area contributed by atoms with E-state index in [1.54, 1.807) is 42.5 Å².